The standard InChI is InChI=1S/C23H25N3O4S/c1-5-30-22(29)16-7-9-17(10-8-16)24-23-26(4)20(27)13-19(31-23)21(28)25-18-11-6-14(2)12-15(18)3/h6-12,19H,5,13H2,1-4H3,(H,25,28). The predicted molar refractivity (Wildman–Crippen MR) is 123 cm³/mol. The quantitative estimate of drug-likeness (QED) is 0.710. The summed E-state index contributed by atoms with van der Waals surface area (Å²) in [5.74, 6) is -0.811. The number of amides is 2. The Kier molecular flexibility index (Phi) is 7.12. The normalized spacial score (nSPS) is 17.5. The van der Waals surface area contributed by atoms with E-state index in [1.807, 2.05) is 32.0 Å². The van der Waals surface area contributed by atoms with Crippen LogP contribution in [0.4, 0.5) is 11.4 Å². The molecule has 31 heavy (non-hydrogen) atoms. The van der Waals surface area contributed by atoms with Crippen molar-refractivity contribution in [3.63, 3.8) is 0 Å². The summed E-state index contributed by atoms with van der Waals surface area (Å²) in [4.78, 5) is 43.1. The van der Waals surface area contributed by atoms with Crippen molar-refractivity contribution in [2.75, 3.05) is 19.0 Å². The lowest BCUT2D eigenvalue weighted by Gasteiger charge is -2.29. The first-order valence-corrected chi connectivity index (χ1v) is 10.8. The summed E-state index contributed by atoms with van der Waals surface area (Å²) in [5.41, 5.74) is 3.81. The zero-order valence-electron chi connectivity index (χ0n) is 18.0. The molecule has 1 N–H and O–H groups in total. The number of rotatable bonds is 5. The van der Waals surface area contributed by atoms with Gasteiger partial charge in [0.05, 0.1) is 17.9 Å². The number of hydrogen-bond acceptors (Lipinski definition) is 6. The van der Waals surface area contributed by atoms with Gasteiger partial charge in [-0.2, -0.15) is 0 Å². The van der Waals surface area contributed by atoms with Crippen LogP contribution in [0.1, 0.15) is 34.8 Å². The average Bonchev–Trinajstić information content (AvgIpc) is 2.74. The molecule has 2 amide bonds. The topological polar surface area (TPSA) is 88.1 Å². The van der Waals surface area contributed by atoms with Crippen LogP contribution in [-0.2, 0) is 14.3 Å². The Labute approximate surface area is 185 Å². The Morgan fingerprint density at radius 1 is 1.19 bits per heavy atom. The summed E-state index contributed by atoms with van der Waals surface area (Å²) in [5, 5.41) is 2.77. The van der Waals surface area contributed by atoms with E-state index < -0.39 is 11.2 Å². The number of esters is 1. The smallest absolute Gasteiger partial charge is 0.338 e. The zero-order valence-corrected chi connectivity index (χ0v) is 18.8. The van der Waals surface area contributed by atoms with Crippen LogP contribution in [0.25, 0.3) is 0 Å². The van der Waals surface area contributed by atoms with Crippen LogP contribution in [0, 0.1) is 13.8 Å². The van der Waals surface area contributed by atoms with Gasteiger partial charge >= 0.3 is 5.97 Å². The Morgan fingerprint density at radius 2 is 1.90 bits per heavy atom. The number of carbonyl (C=O) groups excluding carboxylic acids is 3. The molecule has 0 aromatic heterocycles. The number of aryl methyl sites for hydroxylation is 2. The second-order valence-corrected chi connectivity index (χ2v) is 8.40. The molecule has 8 heteroatoms. The van der Waals surface area contributed by atoms with Gasteiger partial charge in [-0.25, -0.2) is 9.79 Å². The van der Waals surface area contributed by atoms with Crippen molar-refractivity contribution in [1.29, 1.82) is 0 Å². The van der Waals surface area contributed by atoms with Gasteiger partial charge in [-0.05, 0) is 56.7 Å². The van der Waals surface area contributed by atoms with Crippen LogP contribution >= 0.6 is 11.8 Å². The van der Waals surface area contributed by atoms with Gasteiger partial charge in [0.15, 0.2) is 5.17 Å². The number of hydrogen-bond donors (Lipinski definition) is 1. The molecule has 1 heterocycles. The van der Waals surface area contributed by atoms with E-state index in [4.69, 9.17) is 4.74 Å². The van der Waals surface area contributed by atoms with Gasteiger partial charge in [-0.3, -0.25) is 14.5 Å². The highest BCUT2D eigenvalue weighted by Gasteiger charge is 2.34. The lowest BCUT2D eigenvalue weighted by Crippen LogP contribution is -2.43. The first-order chi connectivity index (χ1) is 14.8. The molecule has 1 saturated heterocycles. The van der Waals surface area contributed by atoms with Crippen LogP contribution in [0.3, 0.4) is 0 Å². The number of amidine groups is 1. The van der Waals surface area contributed by atoms with E-state index in [-0.39, 0.29) is 18.2 Å². The number of nitrogens with zero attached hydrogens (tertiary/aromatic N) is 2. The largest absolute Gasteiger partial charge is 0.462 e. The first-order valence-electron chi connectivity index (χ1n) is 9.95. The third-order valence-corrected chi connectivity index (χ3v) is 6.05. The number of anilines is 1. The molecule has 1 fully saturated rings. The lowest BCUT2D eigenvalue weighted by atomic mass is 10.1. The number of thioether (sulfide) groups is 1. The van der Waals surface area contributed by atoms with E-state index in [9.17, 15) is 14.4 Å². The molecule has 1 unspecified atom stereocenters. The minimum atomic E-state index is -0.582. The fourth-order valence-electron chi connectivity index (χ4n) is 3.06. The summed E-state index contributed by atoms with van der Waals surface area (Å²) in [7, 11) is 1.64. The van der Waals surface area contributed by atoms with Gasteiger partial charge in [-0.1, -0.05) is 29.5 Å². The maximum atomic E-state index is 12.8. The third kappa shape index (κ3) is 5.52. The number of ether oxygens (including phenoxy) is 1. The molecule has 2 aromatic carbocycles. The van der Waals surface area contributed by atoms with Crippen molar-refractivity contribution in [3.8, 4) is 0 Å². The van der Waals surface area contributed by atoms with E-state index in [1.165, 1.54) is 16.7 Å². The maximum absolute atomic E-state index is 12.8. The maximum Gasteiger partial charge on any atom is 0.338 e. The molecule has 7 nitrogen and oxygen atoms in total. The van der Waals surface area contributed by atoms with Crippen molar-refractivity contribution in [1.82, 2.24) is 4.90 Å². The molecule has 1 atom stereocenters. The Hall–Kier alpha value is -3.13. The number of benzene rings is 2. The van der Waals surface area contributed by atoms with Gasteiger partial charge < -0.3 is 10.1 Å². The molecule has 0 radical (unpaired) electrons. The van der Waals surface area contributed by atoms with Gasteiger partial charge in [-0.15, -0.1) is 0 Å². The molecule has 0 aliphatic carbocycles. The molecule has 3 rings (SSSR count). The second kappa shape index (κ2) is 9.78. The van der Waals surface area contributed by atoms with Crippen LogP contribution in [-0.4, -0.2) is 46.8 Å². The number of aliphatic imine (C=N–C) groups is 1. The van der Waals surface area contributed by atoms with E-state index in [1.54, 1.807) is 38.2 Å². The summed E-state index contributed by atoms with van der Waals surface area (Å²) in [6.45, 7) is 5.98. The van der Waals surface area contributed by atoms with E-state index >= 15 is 0 Å². The molecule has 162 valence electrons. The Morgan fingerprint density at radius 3 is 2.55 bits per heavy atom. The monoisotopic (exact) mass is 439 g/mol. The average molecular weight is 440 g/mol. The van der Waals surface area contributed by atoms with Crippen molar-refractivity contribution in [2.45, 2.75) is 32.4 Å². The van der Waals surface area contributed by atoms with Gasteiger partial charge in [0.1, 0.15) is 5.25 Å². The molecular weight excluding hydrogens is 414 g/mol. The fraction of sp³-hybridized carbons (Fsp3) is 0.304. The lowest BCUT2D eigenvalue weighted by molar-refractivity contribution is -0.128. The summed E-state index contributed by atoms with van der Waals surface area (Å²) < 4.78 is 4.98. The van der Waals surface area contributed by atoms with Crippen LogP contribution in [0.15, 0.2) is 47.5 Å². The Balaban J connectivity index is 1.76. The minimum absolute atomic E-state index is 0.0960. The van der Waals surface area contributed by atoms with E-state index in [2.05, 4.69) is 10.3 Å². The zero-order chi connectivity index (χ0) is 22.5. The second-order valence-electron chi connectivity index (χ2n) is 7.23. The molecule has 0 spiro atoms. The Bertz CT molecular complexity index is 1030. The first kappa shape index (κ1) is 22.6. The molecule has 1 aliphatic rings. The number of nitrogens with one attached hydrogen (secondary N) is 1. The van der Waals surface area contributed by atoms with Crippen molar-refractivity contribution in [2.24, 2.45) is 4.99 Å². The summed E-state index contributed by atoms with van der Waals surface area (Å²) in [6.07, 6.45) is 0.0960. The van der Waals surface area contributed by atoms with Gasteiger partial charge in [0, 0.05) is 19.2 Å². The SMILES string of the molecule is CCOC(=O)c1ccc(N=C2SC(C(=O)Nc3ccc(C)cc3C)CC(=O)N2C)cc1. The van der Waals surface area contributed by atoms with Crippen LogP contribution in [0.5, 0.6) is 0 Å². The van der Waals surface area contributed by atoms with E-state index in [0.717, 1.165) is 16.8 Å². The molecule has 1 aliphatic heterocycles. The fourth-order valence-corrected chi connectivity index (χ4v) is 4.13. The van der Waals surface area contributed by atoms with Crippen molar-refractivity contribution in [3.05, 3.63) is 59.2 Å². The summed E-state index contributed by atoms with van der Waals surface area (Å²) >= 11 is 1.24. The van der Waals surface area contributed by atoms with Crippen LogP contribution in [0.2, 0.25) is 0 Å². The highest BCUT2D eigenvalue weighted by atomic mass is 32.2. The molecule has 0 bridgehead atoms. The van der Waals surface area contributed by atoms with Crippen LogP contribution < -0.4 is 5.32 Å². The third-order valence-electron chi connectivity index (χ3n) is 4.80. The predicted octanol–water partition coefficient (Wildman–Crippen LogP) is 4.07. The van der Waals surface area contributed by atoms with Gasteiger partial charge in [0.2, 0.25) is 11.8 Å². The summed E-state index contributed by atoms with van der Waals surface area (Å²) in [6, 6.07) is 12.4. The molecule has 2 aromatic rings. The highest BCUT2D eigenvalue weighted by Crippen LogP contribution is 2.29. The number of carbonyl (C=O) groups is 3. The van der Waals surface area contributed by atoms with Gasteiger partial charge in [0.25, 0.3) is 0 Å². The molecule has 0 saturated carbocycles. The van der Waals surface area contributed by atoms with Crippen molar-refractivity contribution >= 4 is 46.1 Å². The van der Waals surface area contributed by atoms with Crippen molar-refractivity contribution < 1.29 is 19.1 Å². The minimum Gasteiger partial charge on any atom is -0.462 e. The molecular formula is C23H25N3O4S. The highest BCUT2D eigenvalue weighted by molar-refractivity contribution is 8.15. The van der Waals surface area contributed by atoms with E-state index in [0.29, 0.717) is 23.0 Å².